The van der Waals surface area contributed by atoms with Crippen LogP contribution in [0.25, 0.3) is 0 Å². The Bertz CT molecular complexity index is 639. The summed E-state index contributed by atoms with van der Waals surface area (Å²) in [5, 5.41) is 9.23. The minimum atomic E-state index is -0.840. The summed E-state index contributed by atoms with van der Waals surface area (Å²) in [6.07, 6.45) is 1.90. The highest BCUT2D eigenvalue weighted by Crippen LogP contribution is 2.40. The highest BCUT2D eigenvalue weighted by Gasteiger charge is 2.40. The third kappa shape index (κ3) is 3.87. The smallest absolute Gasteiger partial charge is 0.241 e. The van der Waals surface area contributed by atoms with Crippen LogP contribution in [0.2, 0.25) is 0 Å². The van der Waals surface area contributed by atoms with Crippen LogP contribution in [0.5, 0.6) is 0 Å². The maximum absolute atomic E-state index is 12.5. The van der Waals surface area contributed by atoms with Gasteiger partial charge >= 0.3 is 0 Å². The molecule has 1 saturated heterocycles. The highest BCUT2D eigenvalue weighted by atomic mass is 35.5. The van der Waals surface area contributed by atoms with Gasteiger partial charge < -0.3 is 15.7 Å². The number of piperidine rings is 1. The molecule has 0 aliphatic carbocycles. The first kappa shape index (κ1) is 19.4. The second-order valence-electron chi connectivity index (χ2n) is 6.47. The standard InChI is InChI=1S/C20H24N2O2.ClH/c21-18(14-23)19(24)22-13-7-12-20(15-22,16-8-3-1-4-9-16)17-10-5-2-6-11-17;/h1-6,8-11,18,23H,7,12-15,21H2;1H/t18-;/m0./s1. The zero-order chi connectivity index (χ0) is 17.0. The van der Waals surface area contributed by atoms with Crippen LogP contribution in [0.4, 0.5) is 0 Å². The number of halogens is 1. The number of aliphatic hydroxyl groups excluding tert-OH is 1. The van der Waals surface area contributed by atoms with Gasteiger partial charge in [-0.3, -0.25) is 4.79 Å². The van der Waals surface area contributed by atoms with Gasteiger partial charge in [-0.2, -0.15) is 0 Å². The molecule has 1 fully saturated rings. The Morgan fingerprint density at radius 3 is 2.08 bits per heavy atom. The summed E-state index contributed by atoms with van der Waals surface area (Å²) in [6.45, 7) is 0.959. The molecule has 0 unspecified atom stereocenters. The van der Waals surface area contributed by atoms with Crippen molar-refractivity contribution in [3.05, 3.63) is 71.8 Å². The van der Waals surface area contributed by atoms with Crippen molar-refractivity contribution in [1.82, 2.24) is 4.90 Å². The lowest BCUT2D eigenvalue weighted by Crippen LogP contribution is -2.54. The summed E-state index contributed by atoms with van der Waals surface area (Å²) in [6, 6.07) is 19.9. The molecule has 1 aliphatic rings. The number of carbonyl (C=O) groups excluding carboxylic acids is 1. The van der Waals surface area contributed by atoms with Gasteiger partial charge in [-0.1, -0.05) is 60.7 Å². The molecule has 3 N–H and O–H groups in total. The maximum atomic E-state index is 12.5. The Morgan fingerprint density at radius 2 is 1.60 bits per heavy atom. The largest absolute Gasteiger partial charge is 0.394 e. The highest BCUT2D eigenvalue weighted by molar-refractivity contribution is 5.85. The number of benzene rings is 2. The van der Waals surface area contributed by atoms with Crippen LogP contribution in [-0.4, -0.2) is 41.7 Å². The van der Waals surface area contributed by atoms with Crippen molar-refractivity contribution < 1.29 is 9.90 Å². The van der Waals surface area contributed by atoms with Crippen LogP contribution in [0, 0.1) is 0 Å². The van der Waals surface area contributed by atoms with E-state index in [1.54, 1.807) is 0 Å². The summed E-state index contributed by atoms with van der Waals surface area (Å²) < 4.78 is 0. The molecule has 0 aromatic heterocycles. The van der Waals surface area contributed by atoms with E-state index in [-0.39, 0.29) is 30.3 Å². The Morgan fingerprint density at radius 1 is 1.08 bits per heavy atom. The molecule has 0 radical (unpaired) electrons. The molecule has 0 saturated carbocycles. The third-order valence-electron chi connectivity index (χ3n) is 4.97. The van der Waals surface area contributed by atoms with Crippen LogP contribution in [0.3, 0.4) is 0 Å². The minimum absolute atomic E-state index is 0. The maximum Gasteiger partial charge on any atom is 0.241 e. The molecule has 1 atom stereocenters. The van der Waals surface area contributed by atoms with E-state index in [9.17, 15) is 9.90 Å². The molecular weight excluding hydrogens is 336 g/mol. The number of aliphatic hydroxyl groups is 1. The first-order valence-corrected chi connectivity index (χ1v) is 8.44. The quantitative estimate of drug-likeness (QED) is 0.879. The van der Waals surface area contributed by atoms with E-state index in [4.69, 9.17) is 5.73 Å². The summed E-state index contributed by atoms with van der Waals surface area (Å²) in [5.41, 5.74) is 7.97. The van der Waals surface area contributed by atoms with Crippen LogP contribution in [0.15, 0.2) is 60.7 Å². The second-order valence-corrected chi connectivity index (χ2v) is 6.47. The molecule has 134 valence electrons. The molecule has 0 bridgehead atoms. The Kier molecular flexibility index (Phi) is 6.59. The number of likely N-dealkylation sites (tertiary alicyclic amines) is 1. The van der Waals surface area contributed by atoms with Gasteiger partial charge in [0.05, 0.1) is 6.61 Å². The number of nitrogens with zero attached hydrogens (tertiary/aromatic N) is 1. The Labute approximate surface area is 155 Å². The van der Waals surface area contributed by atoms with E-state index in [1.807, 2.05) is 41.3 Å². The summed E-state index contributed by atoms with van der Waals surface area (Å²) in [5.74, 6) is -0.173. The van der Waals surface area contributed by atoms with Crippen molar-refractivity contribution in [2.24, 2.45) is 5.73 Å². The molecule has 2 aromatic carbocycles. The van der Waals surface area contributed by atoms with Gasteiger partial charge in [-0.15, -0.1) is 12.4 Å². The number of amides is 1. The monoisotopic (exact) mass is 360 g/mol. The van der Waals surface area contributed by atoms with E-state index in [0.29, 0.717) is 13.1 Å². The fraction of sp³-hybridized carbons (Fsp3) is 0.350. The van der Waals surface area contributed by atoms with Crippen LogP contribution < -0.4 is 5.73 Å². The normalized spacial score (nSPS) is 17.4. The van der Waals surface area contributed by atoms with Gasteiger partial charge in [-0.05, 0) is 24.0 Å². The Hall–Kier alpha value is -1.88. The lowest BCUT2D eigenvalue weighted by atomic mass is 9.69. The van der Waals surface area contributed by atoms with Crippen molar-refractivity contribution in [1.29, 1.82) is 0 Å². The van der Waals surface area contributed by atoms with Crippen molar-refractivity contribution >= 4 is 18.3 Å². The van der Waals surface area contributed by atoms with Gasteiger partial charge in [-0.25, -0.2) is 0 Å². The molecule has 4 nitrogen and oxygen atoms in total. The van der Waals surface area contributed by atoms with Gasteiger partial charge in [0.15, 0.2) is 0 Å². The fourth-order valence-corrected chi connectivity index (χ4v) is 3.71. The molecule has 5 heteroatoms. The van der Waals surface area contributed by atoms with Crippen molar-refractivity contribution in [2.45, 2.75) is 24.3 Å². The summed E-state index contributed by atoms with van der Waals surface area (Å²) >= 11 is 0. The zero-order valence-electron chi connectivity index (χ0n) is 14.2. The molecule has 2 aromatic rings. The fourth-order valence-electron chi connectivity index (χ4n) is 3.71. The van der Waals surface area contributed by atoms with Crippen molar-refractivity contribution in [3.63, 3.8) is 0 Å². The van der Waals surface area contributed by atoms with Crippen molar-refractivity contribution in [3.8, 4) is 0 Å². The molecule has 25 heavy (non-hydrogen) atoms. The first-order chi connectivity index (χ1) is 11.7. The number of rotatable bonds is 4. The summed E-state index contributed by atoms with van der Waals surface area (Å²) in [4.78, 5) is 14.3. The predicted octanol–water partition coefficient (Wildman–Crippen LogP) is 2.34. The molecule has 1 amide bonds. The second kappa shape index (κ2) is 8.48. The SMILES string of the molecule is Cl.N[C@@H](CO)C(=O)N1CCCC(c2ccccc2)(c2ccccc2)C1. The number of nitrogens with two attached hydrogens (primary N) is 1. The lowest BCUT2D eigenvalue weighted by Gasteiger charge is -2.44. The lowest BCUT2D eigenvalue weighted by molar-refractivity contribution is -0.135. The molecule has 0 spiro atoms. The van der Waals surface area contributed by atoms with Crippen LogP contribution in [-0.2, 0) is 10.2 Å². The third-order valence-corrected chi connectivity index (χ3v) is 4.97. The number of hydrogen-bond donors (Lipinski definition) is 2. The molecule has 1 aliphatic heterocycles. The molecule has 1 heterocycles. The predicted molar refractivity (Wildman–Crippen MR) is 102 cm³/mol. The van der Waals surface area contributed by atoms with Gasteiger partial charge in [0, 0.05) is 18.5 Å². The van der Waals surface area contributed by atoms with Gasteiger partial charge in [0.25, 0.3) is 0 Å². The van der Waals surface area contributed by atoms with Crippen LogP contribution >= 0.6 is 12.4 Å². The van der Waals surface area contributed by atoms with E-state index in [1.165, 1.54) is 11.1 Å². The van der Waals surface area contributed by atoms with E-state index in [2.05, 4.69) is 24.3 Å². The van der Waals surface area contributed by atoms with E-state index < -0.39 is 6.04 Å². The van der Waals surface area contributed by atoms with E-state index >= 15 is 0 Å². The zero-order valence-corrected chi connectivity index (χ0v) is 15.0. The molecular formula is C20H25ClN2O2. The topological polar surface area (TPSA) is 66.6 Å². The van der Waals surface area contributed by atoms with Crippen LogP contribution in [0.1, 0.15) is 24.0 Å². The van der Waals surface area contributed by atoms with Gasteiger partial charge in [0.1, 0.15) is 6.04 Å². The number of hydrogen-bond acceptors (Lipinski definition) is 3. The number of carbonyl (C=O) groups is 1. The Balaban J connectivity index is 0.00000225. The van der Waals surface area contributed by atoms with Gasteiger partial charge in [0.2, 0.25) is 5.91 Å². The minimum Gasteiger partial charge on any atom is -0.394 e. The average molecular weight is 361 g/mol. The molecule has 3 rings (SSSR count). The first-order valence-electron chi connectivity index (χ1n) is 8.44. The van der Waals surface area contributed by atoms with E-state index in [0.717, 1.165) is 12.8 Å². The average Bonchev–Trinajstić information content (AvgIpc) is 2.68. The summed E-state index contributed by atoms with van der Waals surface area (Å²) in [7, 11) is 0. The van der Waals surface area contributed by atoms with Crippen molar-refractivity contribution in [2.75, 3.05) is 19.7 Å².